The van der Waals surface area contributed by atoms with Gasteiger partial charge in [0.05, 0.1) is 6.10 Å². The van der Waals surface area contributed by atoms with E-state index >= 15 is 0 Å². The summed E-state index contributed by atoms with van der Waals surface area (Å²) in [6.45, 7) is 21.2. The molecule has 2 nitrogen and oxygen atoms in total. The van der Waals surface area contributed by atoms with Crippen LogP contribution in [0.5, 0.6) is 0 Å². The predicted octanol–water partition coefficient (Wildman–Crippen LogP) is 5.53. The number of allylic oxidation sites excluding steroid dienone is 1. The lowest BCUT2D eigenvalue weighted by Gasteiger charge is -2.58. The van der Waals surface area contributed by atoms with Crippen LogP contribution >= 0.6 is 0 Å². The van der Waals surface area contributed by atoms with Crippen molar-refractivity contribution in [3.63, 3.8) is 0 Å². The third-order valence-corrected chi connectivity index (χ3v) is 12.1. The van der Waals surface area contributed by atoms with Gasteiger partial charge in [-0.05, 0) is 61.6 Å². The number of aliphatic hydroxyl groups excluding tert-OH is 1. The molecule has 0 spiro atoms. The van der Waals surface area contributed by atoms with Crippen LogP contribution < -0.4 is 0 Å². The fourth-order valence-corrected chi connectivity index (χ4v) is 5.63. The monoisotopic (exact) mass is 338 g/mol. The highest BCUT2D eigenvalue weighted by Crippen LogP contribution is 2.59. The van der Waals surface area contributed by atoms with Crippen LogP contribution in [-0.4, -0.2) is 26.1 Å². The van der Waals surface area contributed by atoms with Crippen LogP contribution in [0.4, 0.5) is 0 Å². The van der Waals surface area contributed by atoms with E-state index in [0.29, 0.717) is 12.5 Å². The Morgan fingerprint density at radius 3 is 2.43 bits per heavy atom. The first kappa shape index (κ1) is 19.2. The molecule has 0 radical (unpaired) electrons. The first-order chi connectivity index (χ1) is 10.3. The molecule has 2 aliphatic carbocycles. The van der Waals surface area contributed by atoms with Crippen molar-refractivity contribution in [3.8, 4) is 0 Å². The quantitative estimate of drug-likeness (QED) is 0.541. The zero-order chi connectivity index (χ0) is 17.7. The van der Waals surface area contributed by atoms with E-state index in [9.17, 15) is 5.11 Å². The molecule has 0 amide bonds. The van der Waals surface area contributed by atoms with Crippen LogP contribution in [0, 0.1) is 16.7 Å². The van der Waals surface area contributed by atoms with Gasteiger partial charge in [-0.3, -0.25) is 0 Å². The molecule has 0 aromatic heterocycles. The molecule has 134 valence electrons. The summed E-state index contributed by atoms with van der Waals surface area (Å²) in [4.78, 5) is 0. The highest BCUT2D eigenvalue weighted by molar-refractivity contribution is 6.74. The van der Waals surface area contributed by atoms with Gasteiger partial charge in [0, 0.05) is 12.0 Å². The predicted molar refractivity (Wildman–Crippen MR) is 101 cm³/mol. The maximum atomic E-state index is 10.9. The summed E-state index contributed by atoms with van der Waals surface area (Å²) < 4.78 is 6.59. The second-order valence-corrected chi connectivity index (χ2v) is 14.9. The van der Waals surface area contributed by atoms with Crippen LogP contribution in [0.2, 0.25) is 18.1 Å². The van der Waals surface area contributed by atoms with Gasteiger partial charge in [0.15, 0.2) is 8.32 Å². The first-order valence-corrected chi connectivity index (χ1v) is 12.3. The zero-order valence-corrected chi connectivity index (χ0v) is 17.5. The Morgan fingerprint density at radius 1 is 1.26 bits per heavy atom. The SMILES string of the molecule is C=C1CCC[C@H]2[C@](C)(CO[Si](C)(C)C(C)(C)C)[C@@H](O)CC[C@]12C. The molecule has 4 atom stereocenters. The minimum absolute atomic E-state index is 0.147. The summed E-state index contributed by atoms with van der Waals surface area (Å²) >= 11 is 0. The molecule has 0 aliphatic heterocycles. The lowest BCUT2D eigenvalue weighted by atomic mass is 9.49. The molecule has 3 heteroatoms. The standard InChI is InChI=1S/C20H38O2Si/c1-15-10-9-11-16-19(15,5)13-12-17(21)20(16,6)14-22-23(7,8)18(2,3)4/h16-17,21H,1,9-14H2,2-8H3/t16-,17+,19-,20+/m1/s1. The lowest BCUT2D eigenvalue weighted by Crippen LogP contribution is -2.57. The fourth-order valence-electron chi connectivity index (χ4n) is 4.53. The molecule has 0 saturated heterocycles. The highest BCUT2D eigenvalue weighted by Gasteiger charge is 2.55. The summed E-state index contributed by atoms with van der Waals surface area (Å²) in [5.41, 5.74) is 1.44. The molecule has 0 heterocycles. The number of hydrogen-bond acceptors (Lipinski definition) is 2. The number of hydrogen-bond donors (Lipinski definition) is 1. The average molecular weight is 339 g/mol. The van der Waals surface area contributed by atoms with E-state index < -0.39 is 8.32 Å². The van der Waals surface area contributed by atoms with Crippen molar-refractivity contribution in [1.82, 2.24) is 0 Å². The Hall–Kier alpha value is -0.123. The van der Waals surface area contributed by atoms with Crippen molar-refractivity contribution < 1.29 is 9.53 Å². The van der Waals surface area contributed by atoms with E-state index in [1.165, 1.54) is 18.4 Å². The Balaban J connectivity index is 2.25. The summed E-state index contributed by atoms with van der Waals surface area (Å²) in [6.07, 6.45) is 5.26. The summed E-state index contributed by atoms with van der Waals surface area (Å²) in [6, 6.07) is 0. The molecule has 1 N–H and O–H groups in total. The van der Waals surface area contributed by atoms with Gasteiger partial charge in [0.1, 0.15) is 0 Å². The Morgan fingerprint density at radius 2 is 1.87 bits per heavy atom. The average Bonchev–Trinajstić information content (AvgIpc) is 2.43. The van der Waals surface area contributed by atoms with Gasteiger partial charge in [0.25, 0.3) is 0 Å². The topological polar surface area (TPSA) is 29.5 Å². The molecule has 0 unspecified atom stereocenters. The highest BCUT2D eigenvalue weighted by atomic mass is 28.4. The molecular formula is C20H38O2Si. The van der Waals surface area contributed by atoms with Crippen molar-refractivity contribution in [2.24, 2.45) is 16.7 Å². The molecule has 2 aliphatic rings. The van der Waals surface area contributed by atoms with Gasteiger partial charge in [-0.1, -0.05) is 46.8 Å². The van der Waals surface area contributed by atoms with E-state index in [0.717, 1.165) is 19.3 Å². The van der Waals surface area contributed by atoms with Gasteiger partial charge in [-0.2, -0.15) is 0 Å². The molecule has 0 aromatic rings. The second-order valence-electron chi connectivity index (χ2n) is 10.1. The van der Waals surface area contributed by atoms with Gasteiger partial charge in [0.2, 0.25) is 0 Å². The minimum Gasteiger partial charge on any atom is -0.416 e. The van der Waals surface area contributed by atoms with E-state index in [1.54, 1.807) is 0 Å². The molecule has 2 saturated carbocycles. The minimum atomic E-state index is -1.80. The Kier molecular flexibility index (Phi) is 5.01. The number of aliphatic hydroxyl groups is 1. The summed E-state index contributed by atoms with van der Waals surface area (Å²) in [5, 5.41) is 11.1. The van der Waals surface area contributed by atoms with Crippen LogP contribution in [-0.2, 0) is 4.43 Å². The molecule has 0 aromatic carbocycles. The lowest BCUT2D eigenvalue weighted by molar-refractivity contribution is -0.123. The third-order valence-electron chi connectivity index (χ3n) is 7.59. The van der Waals surface area contributed by atoms with Gasteiger partial charge in [-0.15, -0.1) is 0 Å². The second kappa shape index (κ2) is 6.00. The van der Waals surface area contributed by atoms with Gasteiger partial charge in [-0.25, -0.2) is 0 Å². The maximum Gasteiger partial charge on any atom is 0.192 e. The fraction of sp³-hybridized carbons (Fsp3) is 0.900. The van der Waals surface area contributed by atoms with E-state index in [1.807, 2.05) is 0 Å². The Labute approximate surface area is 144 Å². The first-order valence-electron chi connectivity index (χ1n) is 9.35. The van der Waals surface area contributed by atoms with E-state index in [-0.39, 0.29) is 22.0 Å². The van der Waals surface area contributed by atoms with Crippen LogP contribution in [0.15, 0.2) is 12.2 Å². The smallest absolute Gasteiger partial charge is 0.192 e. The summed E-state index contributed by atoms with van der Waals surface area (Å²) in [7, 11) is -1.80. The van der Waals surface area contributed by atoms with Crippen molar-refractivity contribution in [3.05, 3.63) is 12.2 Å². The molecule has 23 heavy (non-hydrogen) atoms. The van der Waals surface area contributed by atoms with E-state index in [2.05, 4.69) is 54.3 Å². The molecule has 2 fully saturated rings. The largest absolute Gasteiger partial charge is 0.416 e. The van der Waals surface area contributed by atoms with Crippen molar-refractivity contribution in [2.75, 3.05) is 6.61 Å². The van der Waals surface area contributed by atoms with Crippen molar-refractivity contribution >= 4 is 8.32 Å². The molecular weight excluding hydrogens is 300 g/mol. The maximum absolute atomic E-state index is 10.9. The van der Waals surface area contributed by atoms with Gasteiger partial charge >= 0.3 is 0 Å². The number of rotatable bonds is 3. The normalized spacial score (nSPS) is 39.2. The molecule has 2 rings (SSSR count). The van der Waals surface area contributed by atoms with E-state index in [4.69, 9.17) is 4.43 Å². The molecule has 0 bridgehead atoms. The van der Waals surface area contributed by atoms with Crippen molar-refractivity contribution in [2.45, 2.75) is 91.0 Å². The Bertz CT molecular complexity index is 465. The summed E-state index contributed by atoms with van der Waals surface area (Å²) in [5.74, 6) is 0.491. The zero-order valence-electron chi connectivity index (χ0n) is 16.5. The van der Waals surface area contributed by atoms with Gasteiger partial charge < -0.3 is 9.53 Å². The van der Waals surface area contributed by atoms with Crippen LogP contribution in [0.3, 0.4) is 0 Å². The van der Waals surface area contributed by atoms with Crippen LogP contribution in [0.1, 0.15) is 66.7 Å². The van der Waals surface area contributed by atoms with Crippen LogP contribution in [0.25, 0.3) is 0 Å². The number of fused-ring (bicyclic) bond motifs is 1. The van der Waals surface area contributed by atoms with Crippen molar-refractivity contribution in [1.29, 1.82) is 0 Å². The third kappa shape index (κ3) is 3.21.